The van der Waals surface area contributed by atoms with Crippen molar-refractivity contribution in [1.82, 2.24) is 10.0 Å². The molecule has 0 radical (unpaired) electrons. The van der Waals surface area contributed by atoms with Crippen LogP contribution in [0.3, 0.4) is 0 Å². The minimum Gasteiger partial charge on any atom is -0.385 e. The first-order chi connectivity index (χ1) is 9.55. The van der Waals surface area contributed by atoms with E-state index in [-0.39, 0.29) is 11.2 Å². The maximum absolute atomic E-state index is 11.9. The van der Waals surface area contributed by atoms with Crippen LogP contribution in [-0.4, -0.2) is 47.0 Å². The standard InChI is InChI=1S/C14H28N2O3S/c1-19-10-8-14(6-7-14)12-16-20(17,18)11-3-2-9-15-13-4-5-13/h13,15-16H,2-12H2,1H3. The molecule has 0 saturated heterocycles. The fraction of sp³-hybridized carbons (Fsp3) is 1.00. The first-order valence-corrected chi connectivity index (χ1v) is 9.40. The third-order valence-electron chi connectivity index (χ3n) is 4.31. The van der Waals surface area contributed by atoms with Crippen LogP contribution in [0.2, 0.25) is 0 Å². The largest absolute Gasteiger partial charge is 0.385 e. The van der Waals surface area contributed by atoms with Crippen molar-refractivity contribution in [3.63, 3.8) is 0 Å². The average Bonchev–Trinajstić information content (AvgIpc) is 3.30. The molecule has 0 amide bonds. The molecule has 0 aromatic carbocycles. The summed E-state index contributed by atoms with van der Waals surface area (Å²) in [5.41, 5.74) is 0.177. The van der Waals surface area contributed by atoms with Gasteiger partial charge in [0.2, 0.25) is 10.0 Å². The van der Waals surface area contributed by atoms with Crippen LogP contribution in [0.5, 0.6) is 0 Å². The third kappa shape index (κ3) is 6.08. The molecule has 0 aromatic rings. The van der Waals surface area contributed by atoms with Crippen molar-refractivity contribution in [3.05, 3.63) is 0 Å². The number of hydrogen-bond donors (Lipinski definition) is 2. The van der Waals surface area contributed by atoms with Gasteiger partial charge in [-0.25, -0.2) is 13.1 Å². The summed E-state index contributed by atoms with van der Waals surface area (Å²) in [5.74, 6) is 0.250. The summed E-state index contributed by atoms with van der Waals surface area (Å²) in [6.45, 7) is 2.24. The molecule has 0 unspecified atom stereocenters. The smallest absolute Gasteiger partial charge is 0.211 e. The van der Waals surface area contributed by atoms with Gasteiger partial charge in [-0.2, -0.15) is 0 Å². The van der Waals surface area contributed by atoms with E-state index in [1.807, 2.05) is 0 Å². The lowest BCUT2D eigenvalue weighted by Gasteiger charge is -2.15. The van der Waals surface area contributed by atoms with Gasteiger partial charge in [-0.1, -0.05) is 0 Å². The summed E-state index contributed by atoms with van der Waals surface area (Å²) in [5, 5.41) is 3.40. The van der Waals surface area contributed by atoms with E-state index in [2.05, 4.69) is 10.0 Å². The van der Waals surface area contributed by atoms with Gasteiger partial charge in [0, 0.05) is 26.3 Å². The van der Waals surface area contributed by atoms with Crippen molar-refractivity contribution < 1.29 is 13.2 Å². The van der Waals surface area contributed by atoms with Crippen molar-refractivity contribution in [3.8, 4) is 0 Å². The van der Waals surface area contributed by atoms with E-state index >= 15 is 0 Å². The number of nitrogens with one attached hydrogen (secondary N) is 2. The minimum atomic E-state index is -3.10. The van der Waals surface area contributed by atoms with Crippen molar-refractivity contribution in [2.75, 3.05) is 32.6 Å². The highest BCUT2D eigenvalue weighted by atomic mass is 32.2. The summed E-state index contributed by atoms with van der Waals surface area (Å²) in [6, 6.07) is 0.709. The van der Waals surface area contributed by atoms with Gasteiger partial charge in [0.25, 0.3) is 0 Å². The molecule has 2 saturated carbocycles. The molecule has 5 nitrogen and oxygen atoms in total. The normalized spacial score (nSPS) is 21.1. The summed E-state index contributed by atoms with van der Waals surface area (Å²) in [4.78, 5) is 0. The highest BCUT2D eigenvalue weighted by Crippen LogP contribution is 2.48. The van der Waals surface area contributed by atoms with Gasteiger partial charge in [0.05, 0.1) is 5.75 Å². The van der Waals surface area contributed by atoms with E-state index in [0.717, 1.165) is 38.6 Å². The second kappa shape index (κ2) is 7.20. The van der Waals surface area contributed by atoms with Gasteiger partial charge >= 0.3 is 0 Å². The lowest BCUT2D eigenvalue weighted by molar-refractivity contribution is 0.173. The van der Waals surface area contributed by atoms with Gasteiger partial charge in [0.15, 0.2) is 0 Å². The van der Waals surface area contributed by atoms with E-state index in [1.165, 1.54) is 12.8 Å². The second-order valence-corrected chi connectivity index (χ2v) is 8.24. The number of sulfonamides is 1. The lowest BCUT2D eigenvalue weighted by Crippen LogP contribution is -2.32. The molecule has 20 heavy (non-hydrogen) atoms. The second-order valence-electron chi connectivity index (χ2n) is 6.32. The van der Waals surface area contributed by atoms with Gasteiger partial charge in [-0.3, -0.25) is 0 Å². The SMILES string of the molecule is COCCC1(CNS(=O)(=O)CCCCNC2CC2)CC1. The summed E-state index contributed by atoms with van der Waals surface area (Å²) in [7, 11) is -1.41. The molecule has 0 aliphatic heterocycles. The molecule has 2 N–H and O–H groups in total. The Kier molecular flexibility index (Phi) is 5.84. The van der Waals surface area contributed by atoms with Gasteiger partial charge in [-0.05, 0) is 56.9 Å². The first-order valence-electron chi connectivity index (χ1n) is 7.75. The molecule has 0 atom stereocenters. The van der Waals surface area contributed by atoms with Crippen LogP contribution in [0.15, 0.2) is 0 Å². The van der Waals surface area contributed by atoms with Gasteiger partial charge in [-0.15, -0.1) is 0 Å². The van der Waals surface area contributed by atoms with Crippen molar-refractivity contribution in [1.29, 1.82) is 0 Å². The van der Waals surface area contributed by atoms with Crippen molar-refractivity contribution in [2.45, 2.75) is 51.0 Å². The fourth-order valence-electron chi connectivity index (χ4n) is 2.36. The molecule has 2 fully saturated rings. The van der Waals surface area contributed by atoms with Crippen LogP contribution < -0.4 is 10.0 Å². The average molecular weight is 304 g/mol. The Morgan fingerprint density at radius 1 is 1.25 bits per heavy atom. The molecule has 0 heterocycles. The molecule has 0 bridgehead atoms. The predicted molar refractivity (Wildman–Crippen MR) is 80.2 cm³/mol. The minimum absolute atomic E-state index is 0.177. The Bertz CT molecular complexity index is 389. The van der Waals surface area contributed by atoms with Crippen molar-refractivity contribution >= 4 is 10.0 Å². The number of unbranched alkanes of at least 4 members (excludes halogenated alkanes) is 1. The third-order valence-corrected chi connectivity index (χ3v) is 5.72. The van der Waals surface area contributed by atoms with Crippen LogP contribution in [0, 0.1) is 5.41 Å². The van der Waals surface area contributed by atoms with E-state index in [1.54, 1.807) is 7.11 Å². The van der Waals surface area contributed by atoms with E-state index in [9.17, 15) is 8.42 Å². The molecule has 6 heteroatoms. The molecule has 2 rings (SSSR count). The summed E-state index contributed by atoms with van der Waals surface area (Å²) in [6.07, 6.45) is 7.42. The Morgan fingerprint density at radius 3 is 2.60 bits per heavy atom. The van der Waals surface area contributed by atoms with E-state index in [0.29, 0.717) is 19.2 Å². The first kappa shape index (κ1) is 16.2. The predicted octanol–water partition coefficient (Wildman–Crippen LogP) is 1.25. The Labute approximate surface area is 122 Å². The summed E-state index contributed by atoms with van der Waals surface area (Å²) >= 11 is 0. The van der Waals surface area contributed by atoms with Crippen LogP contribution in [0.1, 0.15) is 44.9 Å². The zero-order chi connectivity index (χ0) is 14.5. The Morgan fingerprint density at radius 2 is 2.00 bits per heavy atom. The Balaban J connectivity index is 1.55. The number of methoxy groups -OCH3 is 1. The number of ether oxygens (including phenoxy) is 1. The maximum atomic E-state index is 11.9. The van der Waals surface area contributed by atoms with Crippen molar-refractivity contribution in [2.24, 2.45) is 5.41 Å². The van der Waals surface area contributed by atoms with Gasteiger partial charge in [0.1, 0.15) is 0 Å². The molecule has 118 valence electrons. The maximum Gasteiger partial charge on any atom is 0.211 e. The molecule has 2 aliphatic carbocycles. The number of hydrogen-bond acceptors (Lipinski definition) is 4. The highest BCUT2D eigenvalue weighted by molar-refractivity contribution is 7.89. The van der Waals surface area contributed by atoms with Gasteiger partial charge < -0.3 is 10.1 Å². The molecule has 0 spiro atoms. The van der Waals surface area contributed by atoms with Crippen LogP contribution in [0.4, 0.5) is 0 Å². The topological polar surface area (TPSA) is 67.4 Å². The molecular formula is C14H28N2O3S. The zero-order valence-electron chi connectivity index (χ0n) is 12.5. The highest BCUT2D eigenvalue weighted by Gasteiger charge is 2.42. The summed E-state index contributed by atoms with van der Waals surface area (Å²) < 4.78 is 31.7. The van der Waals surface area contributed by atoms with Crippen LogP contribution in [-0.2, 0) is 14.8 Å². The Hall–Kier alpha value is -0.170. The molecule has 0 aromatic heterocycles. The zero-order valence-corrected chi connectivity index (χ0v) is 13.3. The van der Waals surface area contributed by atoms with Crippen LogP contribution >= 0.6 is 0 Å². The van der Waals surface area contributed by atoms with E-state index < -0.39 is 10.0 Å². The quantitative estimate of drug-likeness (QED) is 0.533. The fourth-order valence-corrected chi connectivity index (χ4v) is 3.61. The molecule has 2 aliphatic rings. The van der Waals surface area contributed by atoms with Crippen LogP contribution in [0.25, 0.3) is 0 Å². The molecular weight excluding hydrogens is 276 g/mol. The lowest BCUT2D eigenvalue weighted by atomic mass is 10.0. The van der Waals surface area contributed by atoms with E-state index in [4.69, 9.17) is 4.74 Å². The monoisotopic (exact) mass is 304 g/mol. The number of rotatable bonds is 12.